The van der Waals surface area contributed by atoms with Crippen LogP contribution in [-0.4, -0.2) is 97.0 Å². The molecule has 0 unspecified atom stereocenters. The molecule has 1 aliphatic heterocycles. The highest BCUT2D eigenvalue weighted by Crippen LogP contribution is 2.52. The van der Waals surface area contributed by atoms with Crippen molar-refractivity contribution in [2.75, 3.05) is 13.1 Å². The third-order valence-electron chi connectivity index (χ3n) is 10.5. The summed E-state index contributed by atoms with van der Waals surface area (Å²) in [5, 5.41) is -13.3. The van der Waals surface area contributed by atoms with Gasteiger partial charge in [0.25, 0.3) is 10.0 Å². The van der Waals surface area contributed by atoms with E-state index >= 15 is 0 Å². The predicted molar refractivity (Wildman–Crippen MR) is 270 cm³/mol. The second-order valence-electron chi connectivity index (χ2n) is 16.1. The summed E-state index contributed by atoms with van der Waals surface area (Å²) in [5.41, 5.74) is -21.2. The summed E-state index contributed by atoms with van der Waals surface area (Å²) in [6.07, 6.45) is 0.493. The van der Waals surface area contributed by atoms with E-state index in [0.29, 0.717) is 6.42 Å². The average molecular weight is 1320 g/mol. The van der Waals surface area contributed by atoms with Crippen LogP contribution in [0, 0.1) is 3.91 Å². The maximum atomic E-state index is 13.5. The monoisotopic (exact) mass is 1320 g/mol. The Hall–Kier alpha value is -5.36. The Kier molecular flexibility index (Phi) is 22.5. The van der Waals surface area contributed by atoms with Gasteiger partial charge in [0.15, 0.2) is 69.0 Å². The lowest BCUT2D eigenvalue weighted by atomic mass is 10.2. The van der Waals surface area contributed by atoms with E-state index in [1.807, 2.05) is 0 Å². The molecule has 0 amide bonds. The molecule has 1 fully saturated rings. The zero-order valence-corrected chi connectivity index (χ0v) is 46.5. The molecule has 0 radical (unpaired) electrons. The molecule has 6 aromatic rings. The molecule has 0 bridgehead atoms. The molecule has 1 saturated heterocycles. The minimum Gasteiger partial charge on any atom is -0.743 e. The van der Waals surface area contributed by atoms with E-state index in [9.17, 15) is 112 Å². The summed E-state index contributed by atoms with van der Waals surface area (Å²) in [6.45, 7) is -1.21. The maximum absolute atomic E-state index is 13.5. The SMILES string of the molecule is O=S(=O)([C-](S(=O)(=O)C(F)(F)F)S(=O)(=O)C(F)(F)F)C(F)(F)F.O=S(=O)([O-])C(F)(F)C(F)(F)C(F)(F)S(=O)(=O)N1CCCCC1.c1ccc([S+](c2ccccc2)c2ccccc2)cc1.c1ccc([S+](c2ccccc2)c2ccccc2)cc1. The van der Waals surface area contributed by atoms with Gasteiger partial charge in [0.2, 0.25) is 0 Å². The molecular formula is C48H40F15NO11S7. The van der Waals surface area contributed by atoms with Crippen molar-refractivity contribution in [3.8, 4) is 0 Å². The third-order valence-corrected chi connectivity index (χ3v) is 24.9. The van der Waals surface area contributed by atoms with Crippen LogP contribution in [0.4, 0.5) is 65.9 Å². The number of alkyl halides is 15. The van der Waals surface area contributed by atoms with Gasteiger partial charge in [-0.2, -0.15) is 70.2 Å². The Morgan fingerprint density at radius 2 is 0.549 bits per heavy atom. The zero-order valence-electron chi connectivity index (χ0n) is 40.8. The summed E-state index contributed by atoms with van der Waals surface area (Å²) in [6, 6.07) is 64.3. The van der Waals surface area contributed by atoms with E-state index in [1.165, 1.54) is 29.4 Å². The Bertz CT molecular complexity index is 3180. The van der Waals surface area contributed by atoms with Gasteiger partial charge in [-0.1, -0.05) is 116 Å². The Morgan fingerprint density at radius 1 is 0.341 bits per heavy atom. The molecule has 12 nitrogen and oxygen atoms in total. The lowest BCUT2D eigenvalue weighted by molar-refractivity contribution is -0.247. The Labute approximate surface area is 466 Å². The van der Waals surface area contributed by atoms with Gasteiger partial charge in [0, 0.05) is 13.1 Å². The number of halogens is 15. The fourth-order valence-electron chi connectivity index (χ4n) is 6.63. The van der Waals surface area contributed by atoms with Crippen LogP contribution in [-0.2, 0) is 71.4 Å². The number of hydrogen-bond acceptors (Lipinski definition) is 11. The number of piperidine rings is 1. The van der Waals surface area contributed by atoms with E-state index in [0.717, 1.165) is 0 Å². The van der Waals surface area contributed by atoms with Crippen molar-refractivity contribution in [3.63, 3.8) is 0 Å². The van der Waals surface area contributed by atoms with Crippen LogP contribution in [0.1, 0.15) is 19.3 Å². The molecule has 450 valence electrons. The predicted octanol–water partition coefficient (Wildman–Crippen LogP) is 12.0. The molecule has 1 heterocycles. The number of rotatable bonds is 14. The largest absolute Gasteiger partial charge is 0.743 e. The van der Waals surface area contributed by atoms with Crippen molar-refractivity contribution in [2.24, 2.45) is 0 Å². The minimum atomic E-state index is -8.02. The molecule has 82 heavy (non-hydrogen) atoms. The van der Waals surface area contributed by atoms with Crippen LogP contribution in [0.5, 0.6) is 0 Å². The third kappa shape index (κ3) is 15.5. The van der Waals surface area contributed by atoms with E-state index < -0.39 is 99.6 Å². The van der Waals surface area contributed by atoms with Crippen LogP contribution < -0.4 is 0 Å². The lowest BCUT2D eigenvalue weighted by Gasteiger charge is -2.36. The molecule has 0 spiro atoms. The van der Waals surface area contributed by atoms with E-state index in [4.69, 9.17) is 0 Å². The van der Waals surface area contributed by atoms with Gasteiger partial charge in [-0.25, -0.2) is 16.8 Å². The molecule has 7 rings (SSSR count). The summed E-state index contributed by atoms with van der Waals surface area (Å²) >= 11 is 0. The first-order valence-corrected chi connectivity index (χ1v) is 32.1. The smallest absolute Gasteiger partial charge is 0.470 e. The Balaban J connectivity index is 0.000000235. The van der Waals surface area contributed by atoms with Crippen molar-refractivity contribution in [2.45, 2.75) is 81.6 Å². The molecule has 0 aliphatic carbocycles. The van der Waals surface area contributed by atoms with Gasteiger partial charge < -0.3 is 4.55 Å². The highest BCUT2D eigenvalue weighted by atomic mass is 32.3. The lowest BCUT2D eigenvalue weighted by Crippen LogP contribution is -2.63. The van der Waals surface area contributed by atoms with Gasteiger partial charge in [0.05, 0.1) is 25.7 Å². The average Bonchev–Trinajstić information content (AvgIpc) is 3.59. The van der Waals surface area contributed by atoms with E-state index in [-0.39, 0.29) is 38.9 Å². The maximum Gasteiger partial charge on any atom is 0.470 e. The van der Waals surface area contributed by atoms with Gasteiger partial charge in [0.1, 0.15) is 0 Å². The fraction of sp³-hybridized carbons (Fsp3) is 0.229. The summed E-state index contributed by atoms with van der Waals surface area (Å²) in [7, 11) is -37.6. The minimum absolute atomic E-state index is 0.0146. The van der Waals surface area contributed by atoms with Crippen LogP contribution in [0.15, 0.2) is 211 Å². The summed E-state index contributed by atoms with van der Waals surface area (Å²) in [4.78, 5) is 8.17. The molecule has 1 aliphatic rings. The first-order valence-electron chi connectivity index (χ1n) is 22.3. The first-order chi connectivity index (χ1) is 37.6. The first kappa shape index (κ1) is 69.1. The van der Waals surface area contributed by atoms with Crippen molar-refractivity contribution >= 4 is 71.4 Å². The molecular weight excluding hydrogens is 1280 g/mol. The zero-order chi connectivity index (χ0) is 62.0. The molecule has 0 N–H and O–H groups in total. The van der Waals surface area contributed by atoms with Crippen molar-refractivity contribution in [1.29, 1.82) is 0 Å². The number of sulfone groups is 3. The molecule has 0 saturated carbocycles. The van der Waals surface area contributed by atoms with E-state index in [1.54, 1.807) is 0 Å². The normalized spacial score (nSPS) is 14.6. The highest BCUT2D eigenvalue weighted by molar-refractivity contribution is 8.29. The molecule has 0 aromatic heterocycles. The Morgan fingerprint density at radius 3 is 0.732 bits per heavy atom. The van der Waals surface area contributed by atoms with Crippen LogP contribution in [0.3, 0.4) is 0 Å². The quantitative estimate of drug-likeness (QED) is 0.0435. The highest BCUT2D eigenvalue weighted by Gasteiger charge is 2.80. The number of benzene rings is 6. The summed E-state index contributed by atoms with van der Waals surface area (Å²) in [5.74, 6) is -6.93. The molecule has 6 aromatic carbocycles. The standard InChI is InChI=1S/2C18H15S.C8H11F6NO5S2.C4F9O6S3/c2*1-4-10-16(11-5-1)19(17-12-6-2-7-13-17)18-14-8-3-9-15-18;9-6(10,8(13,14)22(18,19)20)7(11,12)21(16,17)15-4-2-1-3-5-15;5-2(6,7)20(14,15)1(21(16,17)3(8,9)10)22(18,19)4(11,12)13/h2*1-15H;1-5H2,(H,18,19,20);/q2*+1;;-1/p-1. The number of sulfonamides is 1. The fourth-order valence-corrected chi connectivity index (χ4v) is 18.6. The van der Waals surface area contributed by atoms with Crippen LogP contribution >= 0.6 is 0 Å². The second kappa shape index (κ2) is 26.7. The van der Waals surface area contributed by atoms with Crippen molar-refractivity contribution < 1.29 is 112 Å². The summed E-state index contributed by atoms with van der Waals surface area (Å²) < 4.78 is 300. The number of hydrogen-bond donors (Lipinski definition) is 0. The van der Waals surface area contributed by atoms with Gasteiger partial charge >= 0.3 is 33.0 Å². The van der Waals surface area contributed by atoms with E-state index in [2.05, 4.69) is 182 Å². The van der Waals surface area contributed by atoms with Crippen molar-refractivity contribution in [1.82, 2.24) is 4.31 Å². The molecule has 34 heteroatoms. The van der Waals surface area contributed by atoms with Gasteiger partial charge in [-0.15, -0.1) is 0 Å². The topological polar surface area (TPSA) is 197 Å². The number of nitrogens with zero attached hydrogens (tertiary/aromatic N) is 1. The second-order valence-corrected chi connectivity index (χ2v) is 30.0. The van der Waals surface area contributed by atoms with Gasteiger partial charge in [-0.3, -0.25) is 25.3 Å². The van der Waals surface area contributed by atoms with Crippen LogP contribution in [0.25, 0.3) is 0 Å². The van der Waals surface area contributed by atoms with Gasteiger partial charge in [-0.05, 0) is 85.6 Å². The molecule has 0 atom stereocenters. The van der Waals surface area contributed by atoms with Crippen molar-refractivity contribution in [3.05, 3.63) is 186 Å². The van der Waals surface area contributed by atoms with Crippen LogP contribution in [0.2, 0.25) is 0 Å².